The molecule has 1 aliphatic carbocycles. The fourth-order valence-corrected chi connectivity index (χ4v) is 2.73. The van der Waals surface area contributed by atoms with Crippen molar-refractivity contribution in [3.63, 3.8) is 0 Å². The van der Waals surface area contributed by atoms with Crippen molar-refractivity contribution in [2.24, 2.45) is 5.92 Å². The lowest BCUT2D eigenvalue weighted by molar-refractivity contribution is -0.216. The van der Waals surface area contributed by atoms with Crippen molar-refractivity contribution in [3.8, 4) is 0 Å². The third-order valence-electron chi connectivity index (χ3n) is 4.17. The summed E-state index contributed by atoms with van der Waals surface area (Å²) in [7, 11) is 0.862. The zero-order chi connectivity index (χ0) is 17.5. The number of halogens is 3. The van der Waals surface area contributed by atoms with Crippen molar-refractivity contribution in [2.75, 3.05) is 7.11 Å². The van der Waals surface area contributed by atoms with Gasteiger partial charge < -0.3 is 15.0 Å². The van der Waals surface area contributed by atoms with E-state index in [2.05, 4.69) is 9.72 Å². The second-order valence-electron chi connectivity index (χ2n) is 5.75. The molecular formula is C16H15F3N2O3. The molecule has 1 saturated carbocycles. The van der Waals surface area contributed by atoms with Gasteiger partial charge in [-0.1, -0.05) is 18.2 Å². The Bertz CT molecular complexity index is 795. The van der Waals surface area contributed by atoms with Crippen molar-refractivity contribution in [3.05, 3.63) is 36.0 Å². The highest BCUT2D eigenvalue weighted by molar-refractivity contribution is 5.97. The number of para-hydroxylation sites is 1. The van der Waals surface area contributed by atoms with Gasteiger partial charge in [0.25, 0.3) is 5.54 Å². The normalized spacial score (nSPS) is 17.3. The van der Waals surface area contributed by atoms with Gasteiger partial charge in [0.15, 0.2) is 0 Å². The lowest BCUT2D eigenvalue weighted by Crippen LogP contribution is -2.62. The maximum absolute atomic E-state index is 14.0. The highest BCUT2D eigenvalue weighted by atomic mass is 19.4. The van der Waals surface area contributed by atoms with E-state index in [-0.39, 0.29) is 10.9 Å². The van der Waals surface area contributed by atoms with Crippen LogP contribution in [-0.4, -0.2) is 30.1 Å². The molecule has 128 valence electrons. The van der Waals surface area contributed by atoms with E-state index in [1.165, 1.54) is 6.07 Å². The molecule has 0 spiro atoms. The van der Waals surface area contributed by atoms with E-state index in [0.717, 1.165) is 13.3 Å². The first kappa shape index (κ1) is 16.4. The minimum absolute atomic E-state index is 0.191. The Morgan fingerprint density at radius 2 is 1.92 bits per heavy atom. The van der Waals surface area contributed by atoms with Gasteiger partial charge in [0.2, 0.25) is 5.91 Å². The van der Waals surface area contributed by atoms with Gasteiger partial charge in [-0.05, 0) is 18.9 Å². The molecule has 1 amide bonds. The smallest absolute Gasteiger partial charge is 0.426 e. The van der Waals surface area contributed by atoms with Crippen LogP contribution in [0.2, 0.25) is 0 Å². The lowest BCUT2D eigenvalue weighted by Gasteiger charge is -2.33. The molecule has 2 N–H and O–H groups in total. The predicted octanol–water partition coefficient (Wildman–Crippen LogP) is 2.62. The summed E-state index contributed by atoms with van der Waals surface area (Å²) in [6.45, 7) is 0. The SMILES string of the molecule is COC(=O)C(NC(=O)C1CC1)(c1c[nH]c2ccccc12)C(F)(F)F. The summed E-state index contributed by atoms with van der Waals surface area (Å²) in [4.78, 5) is 27.0. The number of hydrogen-bond acceptors (Lipinski definition) is 3. The van der Waals surface area contributed by atoms with Crippen LogP contribution in [0.1, 0.15) is 18.4 Å². The number of carbonyl (C=O) groups excluding carboxylic acids is 2. The van der Waals surface area contributed by atoms with Crippen LogP contribution in [0.25, 0.3) is 10.9 Å². The number of amides is 1. The van der Waals surface area contributed by atoms with Crippen LogP contribution in [0.5, 0.6) is 0 Å². The standard InChI is InChI=1S/C16H15F3N2O3/c1-24-14(23)15(16(17,18)19,21-13(22)9-6-7-9)11-8-20-12-5-3-2-4-10(11)12/h2-5,8-9,20H,6-7H2,1H3,(H,21,22). The number of H-pyrrole nitrogens is 1. The number of fused-ring (bicyclic) bond motifs is 1. The molecule has 0 bridgehead atoms. The number of alkyl halides is 3. The first-order valence-corrected chi connectivity index (χ1v) is 7.35. The van der Waals surface area contributed by atoms with Gasteiger partial charge >= 0.3 is 12.1 Å². The van der Waals surface area contributed by atoms with Crippen LogP contribution in [-0.2, 0) is 19.9 Å². The van der Waals surface area contributed by atoms with Crippen molar-refractivity contribution >= 4 is 22.8 Å². The summed E-state index contributed by atoms with van der Waals surface area (Å²) in [5, 5.41) is 2.11. The van der Waals surface area contributed by atoms with Crippen LogP contribution in [0.15, 0.2) is 30.5 Å². The molecule has 1 unspecified atom stereocenters. The first-order chi connectivity index (χ1) is 11.3. The number of nitrogens with one attached hydrogen (secondary N) is 2. The fraction of sp³-hybridized carbons (Fsp3) is 0.375. The number of benzene rings is 1. The number of methoxy groups -OCH3 is 1. The zero-order valence-electron chi connectivity index (χ0n) is 12.7. The third kappa shape index (κ3) is 2.42. The summed E-state index contributed by atoms with van der Waals surface area (Å²) in [6.07, 6.45) is -2.97. The van der Waals surface area contributed by atoms with Crippen LogP contribution in [0.3, 0.4) is 0 Å². The third-order valence-corrected chi connectivity index (χ3v) is 4.17. The van der Waals surface area contributed by atoms with Crippen molar-refractivity contribution in [1.82, 2.24) is 10.3 Å². The predicted molar refractivity (Wildman–Crippen MR) is 78.9 cm³/mol. The minimum Gasteiger partial charge on any atom is -0.467 e. The molecule has 0 radical (unpaired) electrons. The van der Waals surface area contributed by atoms with E-state index in [1.807, 2.05) is 5.32 Å². The molecule has 1 aromatic carbocycles. The number of rotatable bonds is 4. The lowest BCUT2D eigenvalue weighted by atomic mass is 9.88. The topological polar surface area (TPSA) is 71.2 Å². The maximum Gasteiger partial charge on any atom is 0.426 e. The molecule has 0 saturated heterocycles. The Balaban J connectivity index is 2.22. The summed E-state index contributed by atoms with van der Waals surface area (Å²) >= 11 is 0. The monoisotopic (exact) mass is 340 g/mol. The fourth-order valence-electron chi connectivity index (χ4n) is 2.73. The Hall–Kier alpha value is -2.51. The summed E-state index contributed by atoms with van der Waals surface area (Å²) in [5.41, 5.74) is -3.21. The summed E-state index contributed by atoms with van der Waals surface area (Å²) < 4.78 is 46.5. The van der Waals surface area contributed by atoms with E-state index in [0.29, 0.717) is 18.4 Å². The largest absolute Gasteiger partial charge is 0.467 e. The second-order valence-corrected chi connectivity index (χ2v) is 5.75. The van der Waals surface area contributed by atoms with Gasteiger partial charge in [-0.25, -0.2) is 4.79 Å². The number of carbonyl (C=O) groups is 2. The summed E-state index contributed by atoms with van der Waals surface area (Å²) in [5.74, 6) is -2.88. The molecule has 1 fully saturated rings. The zero-order valence-corrected chi connectivity index (χ0v) is 12.7. The Labute approximate surface area is 135 Å². The van der Waals surface area contributed by atoms with E-state index in [9.17, 15) is 22.8 Å². The molecule has 0 aliphatic heterocycles. The quantitative estimate of drug-likeness (QED) is 0.841. The average molecular weight is 340 g/mol. The highest BCUT2D eigenvalue weighted by Crippen LogP contribution is 2.44. The van der Waals surface area contributed by atoms with Crippen LogP contribution < -0.4 is 5.32 Å². The summed E-state index contributed by atoms with van der Waals surface area (Å²) in [6, 6.07) is 6.24. The Morgan fingerprint density at radius 1 is 1.25 bits per heavy atom. The molecule has 1 atom stereocenters. The number of aromatic amines is 1. The van der Waals surface area contributed by atoms with Crippen LogP contribution >= 0.6 is 0 Å². The number of aromatic nitrogens is 1. The van der Waals surface area contributed by atoms with Gasteiger partial charge in [-0.15, -0.1) is 0 Å². The average Bonchev–Trinajstić information content (AvgIpc) is 3.30. The Morgan fingerprint density at radius 3 is 2.50 bits per heavy atom. The maximum atomic E-state index is 14.0. The molecule has 5 nitrogen and oxygen atoms in total. The molecule has 1 aromatic heterocycles. The molecular weight excluding hydrogens is 325 g/mol. The number of esters is 1. The van der Waals surface area contributed by atoms with Crippen molar-refractivity contribution < 1.29 is 27.5 Å². The van der Waals surface area contributed by atoms with E-state index in [1.54, 1.807) is 18.2 Å². The van der Waals surface area contributed by atoms with Gasteiger partial charge in [0.05, 0.1) is 7.11 Å². The van der Waals surface area contributed by atoms with E-state index >= 15 is 0 Å². The minimum atomic E-state index is -5.07. The second kappa shape index (κ2) is 5.54. The van der Waals surface area contributed by atoms with Crippen molar-refractivity contribution in [1.29, 1.82) is 0 Å². The number of hydrogen-bond donors (Lipinski definition) is 2. The molecule has 8 heteroatoms. The number of ether oxygens (including phenoxy) is 1. The van der Waals surface area contributed by atoms with Gasteiger partial charge in [-0.2, -0.15) is 13.2 Å². The molecule has 2 aromatic rings. The van der Waals surface area contributed by atoms with Crippen LogP contribution in [0, 0.1) is 5.92 Å². The van der Waals surface area contributed by atoms with Gasteiger partial charge in [-0.3, -0.25) is 4.79 Å². The van der Waals surface area contributed by atoms with Crippen molar-refractivity contribution in [2.45, 2.75) is 24.6 Å². The Kier molecular flexibility index (Phi) is 3.77. The molecule has 1 aliphatic rings. The van der Waals surface area contributed by atoms with Gasteiger partial charge in [0.1, 0.15) is 0 Å². The van der Waals surface area contributed by atoms with E-state index < -0.39 is 29.5 Å². The van der Waals surface area contributed by atoms with Crippen LogP contribution in [0.4, 0.5) is 13.2 Å². The van der Waals surface area contributed by atoms with E-state index in [4.69, 9.17) is 0 Å². The highest BCUT2D eigenvalue weighted by Gasteiger charge is 2.65. The van der Waals surface area contributed by atoms with Gasteiger partial charge in [0, 0.05) is 28.6 Å². The first-order valence-electron chi connectivity index (χ1n) is 7.35. The molecule has 3 rings (SSSR count). The molecule has 24 heavy (non-hydrogen) atoms. The molecule has 1 heterocycles.